The highest BCUT2D eigenvalue weighted by Gasteiger charge is 2.13. The molecule has 1 fully saturated rings. The van der Waals surface area contributed by atoms with Gasteiger partial charge in [-0.1, -0.05) is 6.07 Å². The van der Waals surface area contributed by atoms with Crippen molar-refractivity contribution in [1.29, 1.82) is 0 Å². The molecule has 1 aromatic rings. The van der Waals surface area contributed by atoms with Crippen molar-refractivity contribution >= 4 is 5.97 Å². The molecule has 0 amide bonds. The van der Waals surface area contributed by atoms with E-state index >= 15 is 0 Å². The van der Waals surface area contributed by atoms with Crippen LogP contribution < -0.4 is 0 Å². The van der Waals surface area contributed by atoms with Crippen LogP contribution in [0.25, 0.3) is 0 Å². The first-order valence-electron chi connectivity index (χ1n) is 6.99. The third-order valence-corrected chi connectivity index (χ3v) is 3.74. The zero-order valence-electron chi connectivity index (χ0n) is 11.8. The fourth-order valence-corrected chi connectivity index (χ4v) is 2.50. The van der Waals surface area contributed by atoms with E-state index in [4.69, 9.17) is 5.11 Å². The van der Waals surface area contributed by atoms with Crippen molar-refractivity contribution in [2.24, 2.45) is 0 Å². The van der Waals surface area contributed by atoms with Crippen LogP contribution in [-0.2, 0) is 6.54 Å². The normalized spacial score (nSPS) is 15.9. The van der Waals surface area contributed by atoms with E-state index in [1.54, 1.807) is 6.07 Å². The summed E-state index contributed by atoms with van der Waals surface area (Å²) in [6.45, 7) is 4.72. The minimum atomic E-state index is -1.10. The predicted molar refractivity (Wildman–Crippen MR) is 75.4 cm³/mol. The summed E-state index contributed by atoms with van der Waals surface area (Å²) in [6, 6.07) is 4.10. The fraction of sp³-hybridized carbons (Fsp3) is 0.533. The average molecular weight is 280 g/mol. The Morgan fingerprint density at radius 3 is 2.70 bits per heavy atom. The van der Waals surface area contributed by atoms with Gasteiger partial charge in [0, 0.05) is 25.2 Å². The Labute approximate surface area is 118 Å². The maximum atomic E-state index is 13.8. The van der Waals surface area contributed by atoms with Gasteiger partial charge in [-0.2, -0.15) is 0 Å². The summed E-state index contributed by atoms with van der Waals surface area (Å²) in [5.41, 5.74) is 0.532. The van der Waals surface area contributed by atoms with Crippen molar-refractivity contribution in [3.8, 4) is 0 Å². The molecule has 20 heavy (non-hydrogen) atoms. The number of benzene rings is 1. The number of hydrogen-bond acceptors (Lipinski definition) is 3. The second kappa shape index (κ2) is 6.81. The first-order chi connectivity index (χ1) is 9.56. The smallest absolute Gasteiger partial charge is 0.335 e. The van der Waals surface area contributed by atoms with Crippen LogP contribution in [0, 0.1) is 5.82 Å². The molecule has 0 saturated carbocycles. The van der Waals surface area contributed by atoms with E-state index in [1.807, 2.05) is 7.05 Å². The first kappa shape index (κ1) is 14.9. The maximum Gasteiger partial charge on any atom is 0.335 e. The minimum absolute atomic E-state index is 0.00836. The standard InChI is InChI=1S/C15H21FN2O2/c1-17(8-9-18-6-2-3-7-18)11-13-5-4-12(15(19)20)10-14(13)16/h4-5,10H,2-3,6-9,11H2,1H3,(H,19,20). The van der Waals surface area contributed by atoms with Crippen molar-refractivity contribution in [2.75, 3.05) is 33.2 Å². The van der Waals surface area contributed by atoms with Gasteiger partial charge in [0.25, 0.3) is 0 Å². The van der Waals surface area contributed by atoms with Crippen LogP contribution in [0.2, 0.25) is 0 Å². The molecule has 1 aromatic carbocycles. The van der Waals surface area contributed by atoms with Crippen LogP contribution in [0.4, 0.5) is 4.39 Å². The molecule has 2 rings (SSSR count). The van der Waals surface area contributed by atoms with E-state index in [1.165, 1.54) is 18.9 Å². The Morgan fingerprint density at radius 1 is 1.40 bits per heavy atom. The summed E-state index contributed by atoms with van der Waals surface area (Å²) >= 11 is 0. The van der Waals surface area contributed by atoms with E-state index < -0.39 is 11.8 Å². The number of likely N-dealkylation sites (N-methyl/N-ethyl adjacent to an activating group) is 1. The number of nitrogens with zero attached hydrogens (tertiary/aromatic N) is 2. The minimum Gasteiger partial charge on any atom is -0.478 e. The fourth-order valence-electron chi connectivity index (χ4n) is 2.50. The zero-order chi connectivity index (χ0) is 14.5. The Hall–Kier alpha value is -1.46. The molecule has 1 aliphatic rings. The monoisotopic (exact) mass is 280 g/mol. The molecule has 0 aromatic heterocycles. The van der Waals surface area contributed by atoms with Gasteiger partial charge in [0.1, 0.15) is 5.82 Å². The number of halogens is 1. The predicted octanol–water partition coefficient (Wildman–Crippen LogP) is 2.05. The number of hydrogen-bond donors (Lipinski definition) is 1. The number of aromatic carboxylic acids is 1. The lowest BCUT2D eigenvalue weighted by molar-refractivity contribution is 0.0696. The first-order valence-corrected chi connectivity index (χ1v) is 6.99. The van der Waals surface area contributed by atoms with E-state index in [2.05, 4.69) is 9.80 Å². The van der Waals surface area contributed by atoms with Crippen molar-refractivity contribution < 1.29 is 14.3 Å². The highest BCUT2D eigenvalue weighted by atomic mass is 19.1. The quantitative estimate of drug-likeness (QED) is 0.866. The molecule has 5 heteroatoms. The van der Waals surface area contributed by atoms with Crippen LogP contribution in [0.3, 0.4) is 0 Å². The molecule has 0 bridgehead atoms. The largest absolute Gasteiger partial charge is 0.478 e. The van der Waals surface area contributed by atoms with Gasteiger partial charge in [0.2, 0.25) is 0 Å². The molecular weight excluding hydrogens is 259 g/mol. The lowest BCUT2D eigenvalue weighted by atomic mass is 10.1. The van der Waals surface area contributed by atoms with Gasteiger partial charge in [0.15, 0.2) is 0 Å². The molecule has 0 aliphatic carbocycles. The second-order valence-corrected chi connectivity index (χ2v) is 5.40. The SMILES string of the molecule is CN(CCN1CCCC1)Cc1ccc(C(=O)O)cc1F. The van der Waals surface area contributed by atoms with Gasteiger partial charge >= 0.3 is 5.97 Å². The lowest BCUT2D eigenvalue weighted by Gasteiger charge is -2.21. The topological polar surface area (TPSA) is 43.8 Å². The lowest BCUT2D eigenvalue weighted by Crippen LogP contribution is -2.31. The molecule has 0 unspecified atom stereocenters. The third-order valence-electron chi connectivity index (χ3n) is 3.74. The Morgan fingerprint density at radius 2 is 2.10 bits per heavy atom. The number of rotatable bonds is 6. The summed E-state index contributed by atoms with van der Waals surface area (Å²) in [6.07, 6.45) is 2.55. The highest BCUT2D eigenvalue weighted by molar-refractivity contribution is 5.87. The van der Waals surface area contributed by atoms with Crippen LogP contribution in [0.5, 0.6) is 0 Å². The molecule has 110 valence electrons. The zero-order valence-corrected chi connectivity index (χ0v) is 11.8. The molecule has 1 saturated heterocycles. The molecule has 4 nitrogen and oxygen atoms in total. The van der Waals surface area contributed by atoms with Crippen molar-refractivity contribution in [3.63, 3.8) is 0 Å². The molecule has 1 heterocycles. The van der Waals surface area contributed by atoms with E-state index in [9.17, 15) is 9.18 Å². The number of carboxylic acid groups (broad SMARTS) is 1. The van der Waals surface area contributed by atoms with Crippen LogP contribution in [0.15, 0.2) is 18.2 Å². The summed E-state index contributed by atoms with van der Waals surface area (Å²) < 4.78 is 13.8. The van der Waals surface area contributed by atoms with Crippen molar-refractivity contribution in [1.82, 2.24) is 9.80 Å². The van der Waals surface area contributed by atoms with Crippen LogP contribution in [-0.4, -0.2) is 54.1 Å². The molecule has 0 spiro atoms. The summed E-state index contributed by atoms with van der Waals surface area (Å²) in [4.78, 5) is 15.2. The summed E-state index contributed by atoms with van der Waals surface area (Å²) in [7, 11) is 1.96. The van der Waals surface area contributed by atoms with Gasteiger partial charge in [-0.3, -0.25) is 0 Å². The molecular formula is C15H21FN2O2. The van der Waals surface area contributed by atoms with Crippen molar-refractivity contribution in [3.05, 3.63) is 35.1 Å². The molecule has 0 radical (unpaired) electrons. The highest BCUT2D eigenvalue weighted by Crippen LogP contribution is 2.13. The van der Waals surface area contributed by atoms with Gasteiger partial charge in [-0.25, -0.2) is 9.18 Å². The molecule has 0 atom stereocenters. The van der Waals surface area contributed by atoms with E-state index in [-0.39, 0.29) is 5.56 Å². The van der Waals surface area contributed by atoms with Crippen LogP contribution in [0.1, 0.15) is 28.8 Å². The summed E-state index contributed by atoms with van der Waals surface area (Å²) in [5, 5.41) is 8.80. The number of carbonyl (C=O) groups is 1. The third kappa shape index (κ3) is 4.02. The Balaban J connectivity index is 1.86. The van der Waals surface area contributed by atoms with Crippen LogP contribution >= 0.6 is 0 Å². The van der Waals surface area contributed by atoms with Gasteiger partial charge in [-0.15, -0.1) is 0 Å². The second-order valence-electron chi connectivity index (χ2n) is 5.40. The van der Waals surface area contributed by atoms with Crippen molar-refractivity contribution in [2.45, 2.75) is 19.4 Å². The molecule has 1 aliphatic heterocycles. The molecule has 1 N–H and O–H groups in total. The Kier molecular flexibility index (Phi) is 5.09. The number of likely N-dealkylation sites (tertiary alicyclic amines) is 1. The average Bonchev–Trinajstić information content (AvgIpc) is 2.91. The van der Waals surface area contributed by atoms with E-state index in [0.717, 1.165) is 32.2 Å². The Bertz CT molecular complexity index is 473. The maximum absolute atomic E-state index is 13.8. The van der Waals surface area contributed by atoms with Gasteiger partial charge in [-0.05, 0) is 45.1 Å². The van der Waals surface area contributed by atoms with E-state index in [0.29, 0.717) is 12.1 Å². The van der Waals surface area contributed by atoms with Gasteiger partial charge in [0.05, 0.1) is 5.56 Å². The van der Waals surface area contributed by atoms with Gasteiger partial charge < -0.3 is 14.9 Å². The number of carboxylic acids is 1. The summed E-state index contributed by atoms with van der Waals surface area (Å²) in [5.74, 6) is -1.55.